The summed E-state index contributed by atoms with van der Waals surface area (Å²) in [6, 6.07) is 0. The van der Waals surface area contributed by atoms with Crippen LogP contribution in [0, 0.1) is 5.41 Å². The van der Waals surface area contributed by atoms with E-state index in [1.54, 1.807) is 0 Å². The molecule has 4 heteroatoms. The number of alkyl halides is 4. The largest absolute Gasteiger partial charge is 0.394 e. The van der Waals surface area contributed by atoms with Crippen LogP contribution in [0.1, 0.15) is 25.7 Å². The minimum absolute atomic E-state index is 0.0814. The highest BCUT2D eigenvalue weighted by atomic mass is 35.5. The molecular weight excluding hydrogens is 177 g/mol. The molecule has 0 aromatic heterocycles. The third kappa shape index (κ3) is 1.48. The molecule has 0 N–H and O–H groups in total. The molecule has 0 aromatic carbocycles. The summed E-state index contributed by atoms with van der Waals surface area (Å²) in [6.45, 7) is 0. The molecule has 1 saturated carbocycles. The van der Waals surface area contributed by atoms with E-state index in [1.807, 2.05) is 0 Å². The fourth-order valence-corrected chi connectivity index (χ4v) is 1.82. The molecular formula is C7H10ClF3. The second kappa shape index (κ2) is 2.85. The highest BCUT2D eigenvalue weighted by Crippen LogP contribution is 2.55. The van der Waals surface area contributed by atoms with Crippen molar-refractivity contribution in [2.45, 2.75) is 31.9 Å². The second-order valence-electron chi connectivity index (χ2n) is 3.07. The predicted molar refractivity (Wildman–Crippen MR) is 37.7 cm³/mol. The maximum absolute atomic E-state index is 12.3. The molecule has 1 fully saturated rings. The average Bonchev–Trinajstić information content (AvgIpc) is 1.75. The Balaban J connectivity index is 2.60. The predicted octanol–water partition coefficient (Wildman–Crippen LogP) is 3.35. The van der Waals surface area contributed by atoms with Gasteiger partial charge < -0.3 is 0 Å². The summed E-state index contributed by atoms with van der Waals surface area (Å²) in [5, 5.41) is 0. The fourth-order valence-electron chi connectivity index (χ4n) is 1.46. The smallest absolute Gasteiger partial charge is 0.171 e. The molecule has 11 heavy (non-hydrogen) atoms. The van der Waals surface area contributed by atoms with Crippen molar-refractivity contribution in [3.8, 4) is 0 Å². The Morgan fingerprint density at radius 1 is 1.27 bits per heavy atom. The van der Waals surface area contributed by atoms with Gasteiger partial charge in [0.2, 0.25) is 0 Å². The van der Waals surface area contributed by atoms with Gasteiger partial charge in [0.1, 0.15) is 0 Å². The van der Waals surface area contributed by atoms with Gasteiger partial charge in [0.15, 0.2) is 0 Å². The van der Waals surface area contributed by atoms with Gasteiger partial charge in [0.05, 0.1) is 5.41 Å². The van der Waals surface area contributed by atoms with Crippen LogP contribution in [0.4, 0.5) is 13.2 Å². The summed E-state index contributed by atoms with van der Waals surface area (Å²) in [6.07, 6.45) is -2.74. The zero-order valence-electron chi connectivity index (χ0n) is 6.05. The van der Waals surface area contributed by atoms with Crippen LogP contribution in [0.3, 0.4) is 0 Å². The molecule has 0 radical (unpaired) electrons. The molecule has 66 valence electrons. The van der Waals surface area contributed by atoms with E-state index in [1.165, 1.54) is 0 Å². The first-order valence-electron chi connectivity index (χ1n) is 3.64. The van der Waals surface area contributed by atoms with E-state index in [0.717, 1.165) is 0 Å². The summed E-state index contributed by atoms with van der Waals surface area (Å²) < 4.78 is 36.9. The molecule has 0 spiro atoms. The summed E-state index contributed by atoms with van der Waals surface area (Å²) in [5.74, 6) is 0.111. The van der Waals surface area contributed by atoms with Gasteiger partial charge in [-0.2, -0.15) is 13.2 Å². The Kier molecular flexibility index (Phi) is 2.37. The molecule has 0 heterocycles. The van der Waals surface area contributed by atoms with Crippen LogP contribution in [0.2, 0.25) is 0 Å². The van der Waals surface area contributed by atoms with Gasteiger partial charge in [-0.05, 0) is 19.3 Å². The van der Waals surface area contributed by atoms with Crippen LogP contribution in [-0.2, 0) is 0 Å². The lowest BCUT2D eigenvalue weighted by atomic mass is 9.66. The lowest BCUT2D eigenvalue weighted by Crippen LogP contribution is -2.44. The average molecular weight is 187 g/mol. The van der Waals surface area contributed by atoms with Crippen molar-refractivity contribution in [1.29, 1.82) is 0 Å². The fraction of sp³-hybridized carbons (Fsp3) is 1.00. The van der Waals surface area contributed by atoms with Crippen LogP contribution in [-0.4, -0.2) is 12.1 Å². The van der Waals surface area contributed by atoms with E-state index < -0.39 is 11.6 Å². The molecule has 0 amide bonds. The quantitative estimate of drug-likeness (QED) is 0.581. The van der Waals surface area contributed by atoms with Crippen LogP contribution in [0.25, 0.3) is 0 Å². The summed E-state index contributed by atoms with van der Waals surface area (Å²) in [4.78, 5) is 0. The van der Waals surface area contributed by atoms with E-state index >= 15 is 0 Å². The van der Waals surface area contributed by atoms with Gasteiger partial charge in [-0.15, -0.1) is 11.6 Å². The number of hydrogen-bond donors (Lipinski definition) is 0. The maximum Gasteiger partial charge on any atom is 0.394 e. The van der Waals surface area contributed by atoms with E-state index in [2.05, 4.69) is 0 Å². The summed E-state index contributed by atoms with van der Waals surface area (Å²) in [5.41, 5.74) is -1.42. The summed E-state index contributed by atoms with van der Waals surface area (Å²) in [7, 11) is 0. The maximum atomic E-state index is 12.3. The number of rotatable bonds is 2. The van der Waals surface area contributed by atoms with Gasteiger partial charge in [0, 0.05) is 5.88 Å². The minimum Gasteiger partial charge on any atom is -0.171 e. The highest BCUT2D eigenvalue weighted by Gasteiger charge is 2.57. The zero-order chi connectivity index (χ0) is 8.54. The van der Waals surface area contributed by atoms with Crippen molar-refractivity contribution >= 4 is 11.6 Å². The molecule has 0 bridgehead atoms. The molecule has 0 saturated heterocycles. The molecule has 0 atom stereocenters. The van der Waals surface area contributed by atoms with Crippen molar-refractivity contribution < 1.29 is 13.2 Å². The first kappa shape index (κ1) is 9.17. The van der Waals surface area contributed by atoms with Crippen LogP contribution in [0.5, 0.6) is 0 Å². The topological polar surface area (TPSA) is 0 Å². The Morgan fingerprint density at radius 3 is 1.91 bits per heavy atom. The van der Waals surface area contributed by atoms with Crippen molar-refractivity contribution in [3.05, 3.63) is 0 Å². The lowest BCUT2D eigenvalue weighted by molar-refractivity contribution is -0.251. The number of halogens is 4. The molecule has 1 rings (SSSR count). The first-order chi connectivity index (χ1) is 5.02. The first-order valence-corrected chi connectivity index (χ1v) is 4.18. The van der Waals surface area contributed by atoms with Gasteiger partial charge in [-0.3, -0.25) is 0 Å². The highest BCUT2D eigenvalue weighted by molar-refractivity contribution is 6.17. The van der Waals surface area contributed by atoms with Crippen molar-refractivity contribution in [2.24, 2.45) is 5.41 Å². The summed E-state index contributed by atoms with van der Waals surface area (Å²) >= 11 is 5.30. The van der Waals surface area contributed by atoms with Gasteiger partial charge in [-0.25, -0.2) is 0 Å². The van der Waals surface area contributed by atoms with Gasteiger partial charge in [-0.1, -0.05) is 6.42 Å². The second-order valence-corrected chi connectivity index (χ2v) is 3.45. The molecule has 1 aliphatic rings. The molecule has 1 aliphatic carbocycles. The van der Waals surface area contributed by atoms with Gasteiger partial charge in [0.25, 0.3) is 0 Å². The van der Waals surface area contributed by atoms with E-state index in [0.29, 0.717) is 6.42 Å². The number of hydrogen-bond acceptors (Lipinski definition) is 0. The molecule has 0 unspecified atom stereocenters. The third-order valence-corrected chi connectivity index (χ3v) is 2.67. The Bertz CT molecular complexity index is 137. The minimum atomic E-state index is -4.04. The lowest BCUT2D eigenvalue weighted by Gasteiger charge is -2.42. The van der Waals surface area contributed by atoms with E-state index in [4.69, 9.17) is 11.6 Å². The molecule has 0 aliphatic heterocycles. The SMILES string of the molecule is FC(F)(F)C1(CCCl)CCC1. The third-order valence-electron chi connectivity index (χ3n) is 2.49. The van der Waals surface area contributed by atoms with Crippen molar-refractivity contribution in [1.82, 2.24) is 0 Å². The van der Waals surface area contributed by atoms with E-state index in [9.17, 15) is 13.2 Å². The van der Waals surface area contributed by atoms with Crippen molar-refractivity contribution in [3.63, 3.8) is 0 Å². The Morgan fingerprint density at radius 2 is 1.82 bits per heavy atom. The van der Waals surface area contributed by atoms with Crippen LogP contribution in [0.15, 0.2) is 0 Å². The van der Waals surface area contributed by atoms with Gasteiger partial charge >= 0.3 is 6.18 Å². The Hall–Kier alpha value is 0.0800. The van der Waals surface area contributed by atoms with Crippen LogP contribution >= 0.6 is 11.6 Å². The zero-order valence-corrected chi connectivity index (χ0v) is 6.80. The molecule has 0 aromatic rings. The van der Waals surface area contributed by atoms with Crippen molar-refractivity contribution in [2.75, 3.05) is 5.88 Å². The normalized spacial score (nSPS) is 22.9. The van der Waals surface area contributed by atoms with E-state index in [-0.39, 0.29) is 25.1 Å². The van der Waals surface area contributed by atoms with Crippen LogP contribution < -0.4 is 0 Å². The monoisotopic (exact) mass is 186 g/mol. The Labute approximate surface area is 68.7 Å². The standard InChI is InChI=1S/C7H10ClF3/c8-5-4-6(2-1-3-6)7(9,10)11/h1-5H2. The molecule has 0 nitrogen and oxygen atoms in total.